The molecule has 10 nitrogen and oxygen atoms in total. The number of nitrogens with zero attached hydrogens (tertiary/aromatic N) is 3. The summed E-state index contributed by atoms with van der Waals surface area (Å²) in [6.07, 6.45) is 1.43. The molecule has 1 N–H and O–H groups in total. The molecule has 0 aliphatic rings. The predicted octanol–water partition coefficient (Wildman–Crippen LogP) is 0.919. The standard InChI is InChI=1S/C20H20N4O6/c1-4-30-19(27)12-5-7-13(8-6-12)22-15(25)11-24-18(26)16-14(29-3)9-10-21-17(16)23(2)20(24)28/h5-10H,4,11H2,1-3H3,(H,22,25). The summed E-state index contributed by atoms with van der Waals surface area (Å²) in [6.45, 7) is 1.46. The van der Waals surface area contributed by atoms with Crippen LogP contribution in [0.1, 0.15) is 17.3 Å². The Morgan fingerprint density at radius 1 is 1.13 bits per heavy atom. The van der Waals surface area contributed by atoms with E-state index in [0.717, 1.165) is 4.57 Å². The van der Waals surface area contributed by atoms with Crippen molar-refractivity contribution in [3.63, 3.8) is 0 Å². The zero-order valence-electron chi connectivity index (χ0n) is 16.7. The van der Waals surface area contributed by atoms with Gasteiger partial charge in [0.15, 0.2) is 5.65 Å². The predicted molar refractivity (Wildman–Crippen MR) is 109 cm³/mol. The van der Waals surface area contributed by atoms with Gasteiger partial charge in [-0.05, 0) is 37.3 Å². The molecule has 0 saturated carbocycles. The van der Waals surface area contributed by atoms with Gasteiger partial charge in [-0.15, -0.1) is 0 Å². The van der Waals surface area contributed by atoms with Gasteiger partial charge in [0.05, 0.1) is 19.3 Å². The van der Waals surface area contributed by atoms with E-state index in [0.29, 0.717) is 11.3 Å². The lowest BCUT2D eigenvalue weighted by molar-refractivity contribution is -0.116. The largest absolute Gasteiger partial charge is 0.496 e. The quantitative estimate of drug-likeness (QED) is 0.598. The number of pyridine rings is 1. The molecule has 2 aromatic heterocycles. The van der Waals surface area contributed by atoms with Crippen molar-refractivity contribution in [3.8, 4) is 5.75 Å². The van der Waals surface area contributed by atoms with Crippen molar-refractivity contribution in [2.45, 2.75) is 13.5 Å². The fourth-order valence-electron chi connectivity index (χ4n) is 2.94. The van der Waals surface area contributed by atoms with E-state index in [1.54, 1.807) is 6.92 Å². The summed E-state index contributed by atoms with van der Waals surface area (Å²) in [4.78, 5) is 53.6. The van der Waals surface area contributed by atoms with E-state index in [4.69, 9.17) is 9.47 Å². The first-order valence-electron chi connectivity index (χ1n) is 9.07. The number of rotatable bonds is 6. The second kappa shape index (κ2) is 8.60. The lowest BCUT2D eigenvalue weighted by Gasteiger charge is -2.12. The first-order chi connectivity index (χ1) is 14.4. The zero-order valence-corrected chi connectivity index (χ0v) is 16.7. The molecule has 0 saturated heterocycles. The van der Waals surface area contributed by atoms with Gasteiger partial charge >= 0.3 is 11.7 Å². The second-order valence-corrected chi connectivity index (χ2v) is 6.29. The SMILES string of the molecule is CCOC(=O)c1ccc(NC(=O)Cn2c(=O)c3c(OC)ccnc3n(C)c2=O)cc1. The van der Waals surface area contributed by atoms with Gasteiger partial charge in [-0.25, -0.2) is 19.1 Å². The maximum atomic E-state index is 12.8. The number of ether oxygens (including phenoxy) is 2. The number of carbonyl (C=O) groups is 2. The molecule has 3 aromatic rings. The van der Waals surface area contributed by atoms with Crippen molar-refractivity contribution in [2.75, 3.05) is 19.0 Å². The van der Waals surface area contributed by atoms with Crippen LogP contribution in [0.5, 0.6) is 5.75 Å². The van der Waals surface area contributed by atoms with Crippen LogP contribution in [0, 0.1) is 0 Å². The number of amides is 1. The zero-order chi connectivity index (χ0) is 21.8. The maximum absolute atomic E-state index is 12.8. The van der Waals surface area contributed by atoms with E-state index < -0.39 is 29.7 Å². The molecule has 0 aliphatic carbocycles. The number of carbonyl (C=O) groups excluding carboxylic acids is 2. The average molecular weight is 412 g/mol. The van der Waals surface area contributed by atoms with Crippen LogP contribution in [-0.2, 0) is 23.1 Å². The highest BCUT2D eigenvalue weighted by molar-refractivity contribution is 5.93. The van der Waals surface area contributed by atoms with E-state index in [9.17, 15) is 19.2 Å². The highest BCUT2D eigenvalue weighted by atomic mass is 16.5. The van der Waals surface area contributed by atoms with Crippen molar-refractivity contribution in [2.24, 2.45) is 7.05 Å². The van der Waals surface area contributed by atoms with E-state index in [2.05, 4.69) is 10.3 Å². The van der Waals surface area contributed by atoms with Crippen LogP contribution in [0.25, 0.3) is 11.0 Å². The molecule has 1 aromatic carbocycles. The molecule has 2 heterocycles. The van der Waals surface area contributed by atoms with Gasteiger partial charge in [-0.1, -0.05) is 0 Å². The van der Waals surface area contributed by atoms with E-state index in [-0.39, 0.29) is 23.4 Å². The summed E-state index contributed by atoms with van der Waals surface area (Å²) in [7, 11) is 2.86. The number of esters is 1. The normalized spacial score (nSPS) is 10.6. The number of aryl methyl sites for hydroxylation is 1. The smallest absolute Gasteiger partial charge is 0.338 e. The lowest BCUT2D eigenvalue weighted by atomic mass is 10.2. The summed E-state index contributed by atoms with van der Waals surface area (Å²) in [5.41, 5.74) is -0.450. The maximum Gasteiger partial charge on any atom is 0.338 e. The summed E-state index contributed by atoms with van der Waals surface area (Å²) in [5.74, 6) is -0.797. The number of fused-ring (bicyclic) bond motifs is 1. The molecule has 156 valence electrons. The van der Waals surface area contributed by atoms with Gasteiger partial charge < -0.3 is 14.8 Å². The van der Waals surface area contributed by atoms with Gasteiger partial charge in [0.2, 0.25) is 5.91 Å². The van der Waals surface area contributed by atoms with Crippen molar-refractivity contribution in [3.05, 3.63) is 62.9 Å². The number of aromatic nitrogens is 3. The van der Waals surface area contributed by atoms with Crippen molar-refractivity contribution < 1.29 is 19.1 Å². The fourth-order valence-corrected chi connectivity index (χ4v) is 2.94. The van der Waals surface area contributed by atoms with Crippen molar-refractivity contribution in [1.29, 1.82) is 0 Å². The molecule has 30 heavy (non-hydrogen) atoms. The molecule has 1 amide bonds. The summed E-state index contributed by atoms with van der Waals surface area (Å²) < 4.78 is 12.1. The first kappa shape index (κ1) is 20.8. The van der Waals surface area contributed by atoms with Gasteiger partial charge in [0.25, 0.3) is 5.56 Å². The molecular formula is C20H20N4O6. The van der Waals surface area contributed by atoms with Gasteiger partial charge in [-0.2, -0.15) is 0 Å². The Morgan fingerprint density at radius 3 is 2.47 bits per heavy atom. The lowest BCUT2D eigenvalue weighted by Crippen LogP contribution is -2.42. The third kappa shape index (κ3) is 3.93. The van der Waals surface area contributed by atoms with Crippen LogP contribution in [0.2, 0.25) is 0 Å². The van der Waals surface area contributed by atoms with Crippen molar-refractivity contribution >= 4 is 28.6 Å². The van der Waals surface area contributed by atoms with E-state index in [1.165, 1.54) is 55.3 Å². The van der Waals surface area contributed by atoms with Gasteiger partial charge in [-0.3, -0.25) is 14.2 Å². The molecule has 10 heteroatoms. The topological polar surface area (TPSA) is 122 Å². The number of anilines is 1. The molecule has 0 spiro atoms. The minimum atomic E-state index is -0.680. The van der Waals surface area contributed by atoms with Crippen molar-refractivity contribution in [1.82, 2.24) is 14.1 Å². The monoisotopic (exact) mass is 412 g/mol. The Kier molecular flexibility index (Phi) is 5.95. The number of hydrogen-bond acceptors (Lipinski definition) is 7. The average Bonchev–Trinajstić information content (AvgIpc) is 2.75. The molecule has 0 fully saturated rings. The minimum Gasteiger partial charge on any atom is -0.496 e. The highest BCUT2D eigenvalue weighted by Gasteiger charge is 2.18. The molecular weight excluding hydrogens is 392 g/mol. The molecule has 0 atom stereocenters. The Bertz CT molecular complexity index is 1230. The summed E-state index contributed by atoms with van der Waals surface area (Å²) >= 11 is 0. The van der Waals surface area contributed by atoms with Gasteiger partial charge in [0.1, 0.15) is 17.7 Å². The minimum absolute atomic E-state index is 0.105. The van der Waals surface area contributed by atoms with Crippen LogP contribution in [0.3, 0.4) is 0 Å². The van der Waals surface area contributed by atoms with Crippen LogP contribution < -0.4 is 21.3 Å². The third-order valence-electron chi connectivity index (χ3n) is 4.39. The summed E-state index contributed by atoms with van der Waals surface area (Å²) in [6, 6.07) is 7.57. The van der Waals surface area contributed by atoms with Crippen LogP contribution in [-0.4, -0.2) is 39.7 Å². The number of nitrogens with one attached hydrogen (secondary N) is 1. The Morgan fingerprint density at radius 2 is 1.83 bits per heavy atom. The molecule has 0 unspecified atom stereocenters. The third-order valence-corrected chi connectivity index (χ3v) is 4.39. The molecule has 0 radical (unpaired) electrons. The molecule has 3 rings (SSSR count). The Hall–Kier alpha value is -3.95. The van der Waals surface area contributed by atoms with E-state index >= 15 is 0 Å². The number of methoxy groups -OCH3 is 1. The van der Waals surface area contributed by atoms with Gasteiger partial charge in [0, 0.05) is 18.9 Å². The van der Waals surface area contributed by atoms with Crippen LogP contribution >= 0.6 is 0 Å². The first-order valence-corrected chi connectivity index (χ1v) is 9.07. The summed E-state index contributed by atoms with van der Waals surface area (Å²) in [5, 5.41) is 2.70. The molecule has 0 aliphatic heterocycles. The second-order valence-electron chi connectivity index (χ2n) is 6.29. The van der Waals surface area contributed by atoms with Crippen LogP contribution in [0.15, 0.2) is 46.1 Å². The number of hydrogen-bond donors (Lipinski definition) is 1. The molecule has 0 bridgehead atoms. The van der Waals surface area contributed by atoms with E-state index in [1.807, 2.05) is 0 Å². The number of benzene rings is 1. The highest BCUT2D eigenvalue weighted by Crippen LogP contribution is 2.18. The Labute approximate surface area is 170 Å². The van der Waals surface area contributed by atoms with Crippen LogP contribution in [0.4, 0.5) is 5.69 Å². The fraction of sp³-hybridized carbons (Fsp3) is 0.250. The Balaban J connectivity index is 1.88.